The summed E-state index contributed by atoms with van der Waals surface area (Å²) in [5.74, 6) is 0. The Morgan fingerprint density at radius 3 is 2.71 bits per heavy atom. The van der Waals surface area contributed by atoms with Crippen molar-refractivity contribution in [2.75, 3.05) is 5.32 Å². The molecule has 24 heavy (non-hydrogen) atoms. The number of rotatable bonds is 6. The van der Waals surface area contributed by atoms with E-state index >= 15 is 0 Å². The van der Waals surface area contributed by atoms with Crippen LogP contribution in [0.15, 0.2) is 53.4 Å². The van der Waals surface area contributed by atoms with E-state index in [0.29, 0.717) is 10.9 Å². The first kappa shape index (κ1) is 17.0. The Kier molecular flexibility index (Phi) is 4.92. The second kappa shape index (κ2) is 6.95. The van der Waals surface area contributed by atoms with Crippen LogP contribution in [0, 0.1) is 0 Å². The van der Waals surface area contributed by atoms with Crippen LogP contribution in [0.1, 0.15) is 31.4 Å². The summed E-state index contributed by atoms with van der Waals surface area (Å²) in [6.07, 6.45) is 2.49. The lowest BCUT2D eigenvalue weighted by Crippen LogP contribution is -2.33. The van der Waals surface area contributed by atoms with Crippen LogP contribution in [-0.4, -0.2) is 20.5 Å². The van der Waals surface area contributed by atoms with Gasteiger partial charge >= 0.3 is 0 Å². The highest BCUT2D eigenvalue weighted by Crippen LogP contribution is 2.28. The first-order valence-corrected chi connectivity index (χ1v) is 9.88. The third kappa shape index (κ3) is 3.97. The number of nitrogens with one attached hydrogen (secondary N) is 2. The van der Waals surface area contributed by atoms with Gasteiger partial charge in [0.05, 0.1) is 4.90 Å². The van der Waals surface area contributed by atoms with Crippen molar-refractivity contribution >= 4 is 15.7 Å². The predicted molar refractivity (Wildman–Crippen MR) is 97.8 cm³/mol. The molecule has 5 heteroatoms. The summed E-state index contributed by atoms with van der Waals surface area (Å²) in [6.45, 7) is 4.01. The van der Waals surface area contributed by atoms with E-state index in [4.69, 9.17) is 0 Å². The topological polar surface area (TPSA) is 58.2 Å². The molecule has 1 aliphatic heterocycles. The van der Waals surface area contributed by atoms with Crippen molar-refractivity contribution < 1.29 is 8.42 Å². The average molecular weight is 344 g/mol. The van der Waals surface area contributed by atoms with Crippen molar-refractivity contribution in [2.24, 2.45) is 0 Å². The lowest BCUT2D eigenvalue weighted by molar-refractivity contribution is 0.547. The number of aryl methyl sites for hydroxylation is 1. The van der Waals surface area contributed by atoms with E-state index in [-0.39, 0.29) is 6.04 Å². The highest BCUT2D eigenvalue weighted by atomic mass is 32.2. The van der Waals surface area contributed by atoms with Crippen LogP contribution in [0.4, 0.5) is 5.69 Å². The molecule has 1 aliphatic rings. The SMILES string of the molecule is CC1Cc2cc(S(=O)(=O)NC(C)CCc3ccccc3)ccc2N1. The molecule has 4 nitrogen and oxygen atoms in total. The van der Waals surface area contributed by atoms with Gasteiger partial charge in [-0.15, -0.1) is 0 Å². The molecule has 0 radical (unpaired) electrons. The number of benzene rings is 2. The van der Waals surface area contributed by atoms with Crippen LogP contribution in [-0.2, 0) is 22.9 Å². The molecule has 0 saturated carbocycles. The Hall–Kier alpha value is -1.85. The Morgan fingerprint density at radius 1 is 1.21 bits per heavy atom. The van der Waals surface area contributed by atoms with Crippen molar-refractivity contribution in [1.82, 2.24) is 4.72 Å². The molecule has 0 bridgehead atoms. The van der Waals surface area contributed by atoms with E-state index in [2.05, 4.69) is 29.1 Å². The minimum atomic E-state index is -3.48. The van der Waals surface area contributed by atoms with Crippen LogP contribution in [0.2, 0.25) is 0 Å². The van der Waals surface area contributed by atoms with Crippen molar-refractivity contribution in [3.63, 3.8) is 0 Å². The van der Waals surface area contributed by atoms with Gasteiger partial charge in [-0.2, -0.15) is 0 Å². The quantitative estimate of drug-likeness (QED) is 0.845. The maximum absolute atomic E-state index is 12.6. The lowest BCUT2D eigenvalue weighted by atomic mass is 10.1. The fourth-order valence-electron chi connectivity index (χ4n) is 3.11. The molecule has 0 aromatic heterocycles. The van der Waals surface area contributed by atoms with Gasteiger partial charge in [0.15, 0.2) is 0 Å². The zero-order chi connectivity index (χ0) is 17.2. The minimum absolute atomic E-state index is 0.111. The number of anilines is 1. The molecule has 2 unspecified atom stereocenters. The number of sulfonamides is 1. The molecule has 0 spiro atoms. The van der Waals surface area contributed by atoms with Crippen LogP contribution in [0.5, 0.6) is 0 Å². The third-order valence-electron chi connectivity index (χ3n) is 4.38. The smallest absolute Gasteiger partial charge is 0.240 e. The molecular weight excluding hydrogens is 320 g/mol. The largest absolute Gasteiger partial charge is 0.382 e. The van der Waals surface area contributed by atoms with Crippen LogP contribution >= 0.6 is 0 Å². The Morgan fingerprint density at radius 2 is 1.96 bits per heavy atom. The summed E-state index contributed by atoms with van der Waals surface area (Å²) in [4.78, 5) is 0.351. The van der Waals surface area contributed by atoms with Crippen molar-refractivity contribution in [3.05, 3.63) is 59.7 Å². The van der Waals surface area contributed by atoms with Gasteiger partial charge in [-0.1, -0.05) is 30.3 Å². The molecule has 2 aromatic carbocycles. The second-order valence-corrected chi connectivity index (χ2v) is 8.33. The van der Waals surface area contributed by atoms with E-state index in [9.17, 15) is 8.42 Å². The van der Waals surface area contributed by atoms with Gasteiger partial charge < -0.3 is 5.32 Å². The minimum Gasteiger partial charge on any atom is -0.382 e. The summed E-state index contributed by atoms with van der Waals surface area (Å²) < 4.78 is 28.0. The number of fused-ring (bicyclic) bond motifs is 1. The van der Waals surface area contributed by atoms with Crippen LogP contribution < -0.4 is 10.0 Å². The van der Waals surface area contributed by atoms with E-state index in [1.807, 2.05) is 31.2 Å². The fourth-order valence-corrected chi connectivity index (χ4v) is 4.44. The zero-order valence-electron chi connectivity index (χ0n) is 14.1. The van der Waals surface area contributed by atoms with E-state index in [0.717, 1.165) is 30.5 Å². The third-order valence-corrected chi connectivity index (χ3v) is 5.97. The van der Waals surface area contributed by atoms with Gasteiger partial charge in [-0.05, 0) is 62.4 Å². The molecular formula is C19H24N2O2S. The molecule has 0 fully saturated rings. The predicted octanol–water partition coefficient (Wildman–Crippen LogP) is 3.34. The molecule has 2 atom stereocenters. The van der Waals surface area contributed by atoms with E-state index in [1.165, 1.54) is 5.56 Å². The summed E-state index contributed by atoms with van der Waals surface area (Å²) in [5.41, 5.74) is 3.34. The summed E-state index contributed by atoms with van der Waals surface area (Å²) in [7, 11) is -3.48. The van der Waals surface area contributed by atoms with Crippen molar-refractivity contribution in [2.45, 2.75) is 50.1 Å². The van der Waals surface area contributed by atoms with Gasteiger partial charge in [0, 0.05) is 17.8 Å². The Bertz CT molecular complexity index is 803. The molecule has 0 saturated heterocycles. The highest BCUT2D eigenvalue weighted by molar-refractivity contribution is 7.89. The molecule has 2 aromatic rings. The van der Waals surface area contributed by atoms with Crippen molar-refractivity contribution in [1.29, 1.82) is 0 Å². The Labute approximate surface area is 144 Å². The van der Waals surface area contributed by atoms with Gasteiger partial charge in [-0.3, -0.25) is 0 Å². The van der Waals surface area contributed by atoms with Gasteiger partial charge in [-0.25, -0.2) is 13.1 Å². The molecule has 1 heterocycles. The average Bonchev–Trinajstić information content (AvgIpc) is 2.92. The maximum atomic E-state index is 12.6. The van der Waals surface area contributed by atoms with E-state index < -0.39 is 10.0 Å². The van der Waals surface area contributed by atoms with Crippen LogP contribution in [0.25, 0.3) is 0 Å². The summed E-state index contributed by atoms with van der Waals surface area (Å²) >= 11 is 0. The Balaban J connectivity index is 1.64. The highest BCUT2D eigenvalue weighted by Gasteiger charge is 2.22. The standard InChI is InChI=1S/C19H24N2O2S/c1-14(8-9-16-6-4-3-5-7-16)21-24(22,23)18-10-11-19-17(13-18)12-15(2)20-19/h3-7,10-11,13-15,20-21H,8-9,12H2,1-2H3. The monoisotopic (exact) mass is 344 g/mol. The molecule has 3 rings (SSSR count). The maximum Gasteiger partial charge on any atom is 0.240 e. The molecule has 2 N–H and O–H groups in total. The second-order valence-electron chi connectivity index (χ2n) is 6.62. The zero-order valence-corrected chi connectivity index (χ0v) is 14.9. The molecule has 128 valence electrons. The fraction of sp³-hybridized carbons (Fsp3) is 0.368. The van der Waals surface area contributed by atoms with Gasteiger partial charge in [0.2, 0.25) is 10.0 Å². The number of hydrogen-bond acceptors (Lipinski definition) is 3. The van der Waals surface area contributed by atoms with Gasteiger partial charge in [0.25, 0.3) is 0 Å². The van der Waals surface area contributed by atoms with Crippen molar-refractivity contribution in [3.8, 4) is 0 Å². The first-order chi connectivity index (χ1) is 11.4. The lowest BCUT2D eigenvalue weighted by Gasteiger charge is -2.15. The van der Waals surface area contributed by atoms with Crippen LogP contribution in [0.3, 0.4) is 0 Å². The first-order valence-electron chi connectivity index (χ1n) is 8.40. The normalized spacial score (nSPS) is 18.0. The van der Waals surface area contributed by atoms with Gasteiger partial charge in [0.1, 0.15) is 0 Å². The van der Waals surface area contributed by atoms with E-state index in [1.54, 1.807) is 12.1 Å². The molecule has 0 aliphatic carbocycles. The number of hydrogen-bond donors (Lipinski definition) is 2. The molecule has 0 amide bonds. The summed E-state index contributed by atoms with van der Waals surface area (Å²) in [5, 5.41) is 3.34. The summed E-state index contributed by atoms with van der Waals surface area (Å²) in [6, 6.07) is 15.7.